The quantitative estimate of drug-likeness (QED) is 0.794. The Bertz CT molecular complexity index is 901. The molecule has 0 radical (unpaired) electrons. The second-order valence-corrected chi connectivity index (χ2v) is 6.39. The zero-order valence-corrected chi connectivity index (χ0v) is 14.1. The van der Waals surface area contributed by atoms with Crippen molar-refractivity contribution >= 4 is 22.5 Å². The first-order valence-electron chi connectivity index (χ1n) is 8.73. The molecule has 0 atom stereocenters. The summed E-state index contributed by atoms with van der Waals surface area (Å²) in [5, 5.41) is 4.47. The number of hydrogen-bond acceptors (Lipinski definition) is 3. The number of benzene rings is 2. The average molecular weight is 331 g/mol. The molecule has 1 amide bonds. The van der Waals surface area contributed by atoms with E-state index in [4.69, 9.17) is 0 Å². The summed E-state index contributed by atoms with van der Waals surface area (Å²) in [6.07, 6.45) is 3.23. The summed E-state index contributed by atoms with van der Waals surface area (Å²) >= 11 is 0. The van der Waals surface area contributed by atoms with E-state index in [9.17, 15) is 4.79 Å². The number of hydrogen-bond donors (Lipinski definition) is 1. The van der Waals surface area contributed by atoms with Gasteiger partial charge in [-0.25, -0.2) is 0 Å². The number of pyridine rings is 1. The molecule has 0 aliphatic carbocycles. The number of nitrogens with zero attached hydrogens (tertiary/aromatic N) is 2. The van der Waals surface area contributed by atoms with E-state index >= 15 is 0 Å². The lowest BCUT2D eigenvalue weighted by atomic mass is 10.00. The van der Waals surface area contributed by atoms with Gasteiger partial charge in [0.15, 0.2) is 0 Å². The number of aromatic nitrogens is 1. The summed E-state index contributed by atoms with van der Waals surface area (Å²) in [7, 11) is 0. The van der Waals surface area contributed by atoms with E-state index in [2.05, 4.69) is 28.5 Å². The fourth-order valence-corrected chi connectivity index (χ4v) is 3.42. The Morgan fingerprint density at radius 2 is 1.88 bits per heavy atom. The van der Waals surface area contributed by atoms with Gasteiger partial charge in [0.25, 0.3) is 0 Å². The monoisotopic (exact) mass is 331 g/mol. The summed E-state index contributed by atoms with van der Waals surface area (Å²) in [5.74, 6) is 0.204. The summed E-state index contributed by atoms with van der Waals surface area (Å²) in [6, 6.07) is 18.4. The van der Waals surface area contributed by atoms with Crippen LogP contribution in [0.15, 0.2) is 60.8 Å². The number of rotatable bonds is 4. The number of nitrogens with one attached hydrogen (secondary N) is 1. The van der Waals surface area contributed by atoms with Crippen LogP contribution in [0.5, 0.6) is 0 Å². The Morgan fingerprint density at radius 1 is 1.04 bits per heavy atom. The maximum absolute atomic E-state index is 12.5. The molecule has 25 heavy (non-hydrogen) atoms. The molecule has 126 valence electrons. The minimum absolute atomic E-state index is 0.204. The topological polar surface area (TPSA) is 45.2 Å². The molecule has 1 aliphatic heterocycles. The molecule has 4 nitrogen and oxygen atoms in total. The van der Waals surface area contributed by atoms with Crippen molar-refractivity contribution in [3.05, 3.63) is 71.9 Å². The van der Waals surface area contributed by atoms with Crippen molar-refractivity contribution in [1.82, 2.24) is 9.88 Å². The molecular formula is C21H21N3O. The molecule has 2 heterocycles. The predicted octanol–water partition coefficient (Wildman–Crippen LogP) is 3.62. The lowest BCUT2D eigenvalue weighted by Gasteiger charge is -2.29. The minimum Gasteiger partial charge on any atom is -0.383 e. The van der Waals surface area contributed by atoms with Crippen LogP contribution in [0.25, 0.3) is 10.9 Å². The third-order valence-electron chi connectivity index (χ3n) is 4.77. The number of para-hydroxylation sites is 1. The Labute approximate surface area is 147 Å². The first-order chi connectivity index (χ1) is 12.3. The molecule has 0 saturated heterocycles. The first-order valence-corrected chi connectivity index (χ1v) is 8.73. The second-order valence-electron chi connectivity index (χ2n) is 6.39. The number of carbonyl (C=O) groups excluding carboxylic acids is 1. The van der Waals surface area contributed by atoms with E-state index in [-0.39, 0.29) is 5.91 Å². The van der Waals surface area contributed by atoms with Gasteiger partial charge in [0.1, 0.15) is 0 Å². The highest BCUT2D eigenvalue weighted by molar-refractivity contribution is 5.90. The molecule has 0 saturated carbocycles. The van der Waals surface area contributed by atoms with Gasteiger partial charge in [-0.15, -0.1) is 0 Å². The predicted molar refractivity (Wildman–Crippen MR) is 100 cm³/mol. The van der Waals surface area contributed by atoms with Crippen LogP contribution >= 0.6 is 0 Å². The van der Waals surface area contributed by atoms with Crippen molar-refractivity contribution in [3.8, 4) is 0 Å². The zero-order chi connectivity index (χ0) is 17.1. The van der Waals surface area contributed by atoms with Gasteiger partial charge in [0, 0.05) is 37.6 Å². The van der Waals surface area contributed by atoms with Crippen LogP contribution in [0, 0.1) is 0 Å². The van der Waals surface area contributed by atoms with Gasteiger partial charge < -0.3 is 10.2 Å². The van der Waals surface area contributed by atoms with Gasteiger partial charge in [0.2, 0.25) is 5.91 Å². The van der Waals surface area contributed by atoms with E-state index < -0.39 is 0 Å². The lowest BCUT2D eigenvalue weighted by molar-refractivity contribution is -0.131. The van der Waals surface area contributed by atoms with E-state index in [0.717, 1.165) is 36.1 Å². The van der Waals surface area contributed by atoms with Crippen LogP contribution in [0.4, 0.5) is 5.69 Å². The molecule has 0 spiro atoms. The molecule has 1 aromatic heterocycles. The van der Waals surface area contributed by atoms with E-state index in [1.807, 2.05) is 41.3 Å². The van der Waals surface area contributed by atoms with Gasteiger partial charge >= 0.3 is 0 Å². The minimum atomic E-state index is 0.204. The molecule has 1 N–H and O–H groups in total. The average Bonchev–Trinajstić information content (AvgIpc) is 2.67. The first kappa shape index (κ1) is 15.6. The van der Waals surface area contributed by atoms with Crippen molar-refractivity contribution in [2.75, 3.05) is 18.4 Å². The third-order valence-corrected chi connectivity index (χ3v) is 4.77. The zero-order valence-electron chi connectivity index (χ0n) is 14.1. The van der Waals surface area contributed by atoms with Gasteiger partial charge in [-0.05, 0) is 29.7 Å². The maximum atomic E-state index is 12.5. The van der Waals surface area contributed by atoms with Crippen molar-refractivity contribution in [2.45, 2.75) is 19.4 Å². The van der Waals surface area contributed by atoms with Crippen LogP contribution in [-0.2, 0) is 17.8 Å². The molecule has 0 unspecified atom stereocenters. The van der Waals surface area contributed by atoms with Gasteiger partial charge in [-0.1, -0.05) is 42.5 Å². The Balaban J connectivity index is 1.36. The highest BCUT2D eigenvalue weighted by Crippen LogP contribution is 2.21. The standard InChI is InChI=1S/C21H21N3O/c25-20(24-14-11-16-5-1-2-6-18(16)15-24)10-13-22-19-9-3-7-17-8-4-12-23-21(17)19/h1-9,12,22H,10-11,13-15H2. The summed E-state index contributed by atoms with van der Waals surface area (Å²) in [5.41, 5.74) is 4.57. The number of fused-ring (bicyclic) bond motifs is 2. The smallest absolute Gasteiger partial charge is 0.224 e. The molecule has 1 aliphatic rings. The highest BCUT2D eigenvalue weighted by atomic mass is 16.2. The van der Waals surface area contributed by atoms with Crippen LogP contribution in [-0.4, -0.2) is 28.9 Å². The summed E-state index contributed by atoms with van der Waals surface area (Å²) < 4.78 is 0. The fourth-order valence-electron chi connectivity index (χ4n) is 3.42. The van der Waals surface area contributed by atoms with Crippen LogP contribution in [0.3, 0.4) is 0 Å². The van der Waals surface area contributed by atoms with Gasteiger partial charge in [-0.2, -0.15) is 0 Å². The van der Waals surface area contributed by atoms with E-state index in [0.29, 0.717) is 13.0 Å². The van der Waals surface area contributed by atoms with Gasteiger partial charge in [-0.3, -0.25) is 9.78 Å². The molecule has 3 aromatic rings. The Morgan fingerprint density at radius 3 is 2.80 bits per heavy atom. The van der Waals surface area contributed by atoms with Crippen LogP contribution in [0.1, 0.15) is 17.5 Å². The molecule has 0 fully saturated rings. The van der Waals surface area contributed by atoms with Crippen LogP contribution in [0.2, 0.25) is 0 Å². The number of anilines is 1. The van der Waals surface area contributed by atoms with Crippen molar-refractivity contribution in [1.29, 1.82) is 0 Å². The Hall–Kier alpha value is -2.88. The molecular weight excluding hydrogens is 310 g/mol. The van der Waals surface area contributed by atoms with Crippen LogP contribution < -0.4 is 5.32 Å². The molecule has 0 bridgehead atoms. The van der Waals surface area contributed by atoms with Crippen molar-refractivity contribution < 1.29 is 4.79 Å². The Kier molecular flexibility index (Phi) is 4.34. The number of amides is 1. The lowest BCUT2D eigenvalue weighted by Crippen LogP contribution is -2.36. The fraction of sp³-hybridized carbons (Fsp3) is 0.238. The summed E-state index contributed by atoms with van der Waals surface area (Å²) in [6.45, 7) is 2.16. The van der Waals surface area contributed by atoms with E-state index in [1.165, 1.54) is 11.1 Å². The molecule has 4 heteroatoms. The third kappa shape index (κ3) is 3.33. The largest absolute Gasteiger partial charge is 0.383 e. The summed E-state index contributed by atoms with van der Waals surface area (Å²) in [4.78, 5) is 18.9. The SMILES string of the molecule is O=C(CCNc1cccc2cccnc12)N1CCc2ccccc2C1. The molecule has 2 aromatic carbocycles. The highest BCUT2D eigenvalue weighted by Gasteiger charge is 2.19. The normalized spacial score (nSPS) is 13.5. The van der Waals surface area contributed by atoms with Gasteiger partial charge in [0.05, 0.1) is 11.2 Å². The van der Waals surface area contributed by atoms with Crippen molar-refractivity contribution in [3.63, 3.8) is 0 Å². The maximum Gasteiger partial charge on any atom is 0.224 e. The van der Waals surface area contributed by atoms with Crippen molar-refractivity contribution in [2.24, 2.45) is 0 Å². The number of carbonyl (C=O) groups is 1. The van der Waals surface area contributed by atoms with E-state index in [1.54, 1.807) is 6.20 Å². The molecule has 4 rings (SSSR count). The second kappa shape index (κ2) is 6.93.